The van der Waals surface area contributed by atoms with Gasteiger partial charge >= 0.3 is 0 Å². The molecular formula is C14H21NO2S. The second-order valence-electron chi connectivity index (χ2n) is 6.44. The molecule has 0 spiro atoms. The van der Waals surface area contributed by atoms with Crippen LogP contribution < -0.4 is 0 Å². The molecule has 0 amide bonds. The van der Waals surface area contributed by atoms with Crippen molar-refractivity contribution in [2.45, 2.75) is 52.2 Å². The second-order valence-corrected chi connectivity index (χ2v) is 8.35. The van der Waals surface area contributed by atoms with Crippen molar-refractivity contribution in [1.29, 1.82) is 0 Å². The summed E-state index contributed by atoms with van der Waals surface area (Å²) in [5.74, 6) is 0.971. The summed E-state index contributed by atoms with van der Waals surface area (Å²) in [4.78, 5) is 0. The molecule has 0 saturated carbocycles. The highest BCUT2D eigenvalue weighted by Crippen LogP contribution is 2.37. The van der Waals surface area contributed by atoms with Crippen LogP contribution in [-0.4, -0.2) is 15.0 Å². The van der Waals surface area contributed by atoms with E-state index in [4.69, 9.17) is 4.42 Å². The molecule has 3 nitrogen and oxygen atoms in total. The summed E-state index contributed by atoms with van der Waals surface area (Å²) in [6, 6.07) is 1.94. The Morgan fingerprint density at radius 3 is 2.67 bits per heavy atom. The van der Waals surface area contributed by atoms with E-state index in [2.05, 4.69) is 18.2 Å². The lowest BCUT2D eigenvalue weighted by Crippen LogP contribution is -2.34. The summed E-state index contributed by atoms with van der Waals surface area (Å²) in [6.45, 7) is 10.1. The Kier molecular flexibility index (Phi) is 3.36. The molecule has 1 aliphatic carbocycles. The predicted octanol–water partition coefficient (Wildman–Crippen LogP) is 3.50. The number of furan rings is 1. The van der Waals surface area contributed by atoms with Gasteiger partial charge in [0.05, 0.1) is 6.26 Å². The van der Waals surface area contributed by atoms with Crippen molar-refractivity contribution in [3.05, 3.63) is 23.7 Å². The van der Waals surface area contributed by atoms with Crippen LogP contribution in [0.2, 0.25) is 0 Å². The monoisotopic (exact) mass is 267 g/mol. The molecule has 1 aromatic heterocycles. The molecular weight excluding hydrogens is 246 g/mol. The number of aryl methyl sites for hydroxylation is 1. The second kappa shape index (κ2) is 4.42. The average Bonchev–Trinajstić information content (AvgIpc) is 2.68. The van der Waals surface area contributed by atoms with Gasteiger partial charge in [0.15, 0.2) is 0 Å². The standard InChI is InChI=1S/C14H21NO2S/c1-13(2,3)18(16)15-12-10-7-9-17-11(10)6-8-14(12,4)5/h7,9H,6,8H2,1-5H3/b15-12+/t18-/m1/s1. The van der Waals surface area contributed by atoms with Gasteiger partial charge in [-0.15, -0.1) is 0 Å². The normalized spacial score (nSPS) is 22.9. The summed E-state index contributed by atoms with van der Waals surface area (Å²) in [6.07, 6.45) is 3.60. The van der Waals surface area contributed by atoms with Crippen molar-refractivity contribution < 1.29 is 8.97 Å². The number of nitrogens with zero attached hydrogens (tertiary/aromatic N) is 1. The molecule has 0 radical (unpaired) electrons. The zero-order valence-corrected chi connectivity index (χ0v) is 12.6. The minimum absolute atomic E-state index is 0.0439. The van der Waals surface area contributed by atoms with Gasteiger partial charge in [-0.05, 0) is 33.3 Å². The van der Waals surface area contributed by atoms with Crippen LogP contribution in [0.4, 0.5) is 0 Å². The van der Waals surface area contributed by atoms with Gasteiger partial charge in [0.25, 0.3) is 0 Å². The molecule has 0 unspecified atom stereocenters. The molecule has 100 valence electrons. The summed E-state index contributed by atoms with van der Waals surface area (Å²) >= 11 is -1.23. The van der Waals surface area contributed by atoms with E-state index in [1.54, 1.807) is 6.26 Å². The lowest BCUT2D eigenvalue weighted by atomic mass is 9.75. The largest absolute Gasteiger partial charge is 0.591 e. The van der Waals surface area contributed by atoms with Crippen LogP contribution in [0.1, 0.15) is 52.4 Å². The Morgan fingerprint density at radius 1 is 1.39 bits per heavy atom. The number of hydrogen-bond acceptors (Lipinski definition) is 3. The lowest BCUT2D eigenvalue weighted by molar-refractivity contribution is 0.415. The van der Waals surface area contributed by atoms with Crippen molar-refractivity contribution >= 4 is 17.1 Å². The maximum absolute atomic E-state index is 12.2. The topological polar surface area (TPSA) is 48.6 Å². The van der Waals surface area contributed by atoms with E-state index >= 15 is 0 Å². The van der Waals surface area contributed by atoms with Crippen LogP contribution in [0.3, 0.4) is 0 Å². The average molecular weight is 267 g/mol. The molecule has 1 heterocycles. The Morgan fingerprint density at radius 2 is 2.06 bits per heavy atom. The minimum Gasteiger partial charge on any atom is -0.591 e. The number of hydrogen-bond donors (Lipinski definition) is 0. The van der Waals surface area contributed by atoms with Gasteiger partial charge in [0, 0.05) is 17.4 Å². The van der Waals surface area contributed by atoms with Crippen LogP contribution in [0.5, 0.6) is 0 Å². The van der Waals surface area contributed by atoms with Crippen molar-refractivity contribution in [2.24, 2.45) is 9.81 Å². The Labute approximate surface area is 112 Å². The zero-order chi connectivity index (χ0) is 13.6. The van der Waals surface area contributed by atoms with Crippen LogP contribution in [0.15, 0.2) is 21.1 Å². The van der Waals surface area contributed by atoms with Crippen molar-refractivity contribution in [2.75, 3.05) is 0 Å². The summed E-state index contributed by atoms with van der Waals surface area (Å²) < 4.78 is 21.9. The van der Waals surface area contributed by atoms with Crippen molar-refractivity contribution in [1.82, 2.24) is 0 Å². The molecule has 4 heteroatoms. The van der Waals surface area contributed by atoms with Crippen LogP contribution in [-0.2, 0) is 17.8 Å². The molecule has 1 aliphatic rings. The SMILES string of the molecule is CC1(C)CCc2occc2/C1=N\[S@+]([O-])C(C)(C)C. The third kappa shape index (κ3) is 2.50. The van der Waals surface area contributed by atoms with Gasteiger partial charge in [-0.25, -0.2) is 0 Å². The third-order valence-corrected chi connectivity index (χ3v) is 4.71. The van der Waals surface area contributed by atoms with Crippen LogP contribution in [0.25, 0.3) is 0 Å². The predicted molar refractivity (Wildman–Crippen MR) is 75.2 cm³/mol. The summed E-state index contributed by atoms with van der Waals surface area (Å²) in [5.41, 5.74) is 1.91. The van der Waals surface area contributed by atoms with Crippen LogP contribution >= 0.6 is 0 Å². The van der Waals surface area contributed by atoms with E-state index in [0.29, 0.717) is 0 Å². The molecule has 1 atom stereocenters. The molecule has 1 aromatic rings. The van der Waals surface area contributed by atoms with E-state index < -0.39 is 11.4 Å². The molecule has 0 fully saturated rings. The van der Waals surface area contributed by atoms with E-state index in [1.165, 1.54) is 0 Å². The van der Waals surface area contributed by atoms with Gasteiger partial charge in [0.1, 0.15) is 27.6 Å². The highest BCUT2D eigenvalue weighted by atomic mass is 32.2. The third-order valence-electron chi connectivity index (χ3n) is 3.32. The first-order valence-electron chi connectivity index (χ1n) is 6.30. The van der Waals surface area contributed by atoms with Gasteiger partial charge in [-0.2, -0.15) is 0 Å². The molecule has 0 aromatic carbocycles. The Bertz CT molecular complexity index is 468. The fraction of sp³-hybridized carbons (Fsp3) is 0.643. The summed E-state index contributed by atoms with van der Waals surface area (Å²) in [5, 5.41) is 0. The highest BCUT2D eigenvalue weighted by Gasteiger charge is 2.37. The van der Waals surface area contributed by atoms with Gasteiger partial charge in [-0.3, -0.25) is 0 Å². The molecule has 18 heavy (non-hydrogen) atoms. The quantitative estimate of drug-likeness (QED) is 0.731. The summed E-state index contributed by atoms with van der Waals surface area (Å²) in [7, 11) is 0. The van der Waals surface area contributed by atoms with Crippen LogP contribution in [0, 0.1) is 5.41 Å². The fourth-order valence-corrected chi connectivity index (χ4v) is 2.83. The smallest absolute Gasteiger partial charge is 0.144 e. The van der Waals surface area contributed by atoms with Gasteiger partial charge in [-0.1, -0.05) is 18.2 Å². The van der Waals surface area contributed by atoms with Crippen molar-refractivity contribution in [3.8, 4) is 0 Å². The fourth-order valence-electron chi connectivity index (χ4n) is 2.05. The molecule has 0 saturated heterocycles. The van der Waals surface area contributed by atoms with Gasteiger partial charge < -0.3 is 8.97 Å². The number of rotatable bonds is 1. The zero-order valence-electron chi connectivity index (χ0n) is 11.7. The Hall–Kier alpha value is -0.740. The maximum atomic E-state index is 12.2. The highest BCUT2D eigenvalue weighted by molar-refractivity contribution is 7.91. The Balaban J connectivity index is 2.45. The van der Waals surface area contributed by atoms with E-state index in [1.807, 2.05) is 26.8 Å². The van der Waals surface area contributed by atoms with E-state index in [-0.39, 0.29) is 10.2 Å². The maximum Gasteiger partial charge on any atom is 0.144 e. The molecule has 0 N–H and O–H groups in total. The first-order valence-corrected chi connectivity index (χ1v) is 7.40. The first kappa shape index (κ1) is 13.7. The lowest BCUT2D eigenvalue weighted by Gasteiger charge is -2.31. The minimum atomic E-state index is -1.23. The molecule has 0 bridgehead atoms. The van der Waals surface area contributed by atoms with Gasteiger partial charge in [0.2, 0.25) is 0 Å². The van der Waals surface area contributed by atoms with Crippen molar-refractivity contribution in [3.63, 3.8) is 0 Å². The number of fused-ring (bicyclic) bond motifs is 1. The molecule has 0 aliphatic heterocycles. The first-order chi connectivity index (χ1) is 8.22. The molecule has 2 rings (SSSR count). The van der Waals surface area contributed by atoms with E-state index in [9.17, 15) is 4.55 Å². The van der Waals surface area contributed by atoms with E-state index in [0.717, 1.165) is 29.9 Å².